The Morgan fingerprint density at radius 3 is 2.85 bits per heavy atom. The first-order valence-corrected chi connectivity index (χ1v) is 6.48. The summed E-state index contributed by atoms with van der Waals surface area (Å²) in [6, 6.07) is 4.32. The fraction of sp³-hybridized carbons (Fsp3) is 0.222. The molecule has 0 atom stereocenters. The van der Waals surface area contributed by atoms with Gasteiger partial charge in [0, 0.05) is 10.3 Å². The summed E-state index contributed by atoms with van der Waals surface area (Å²) in [7, 11) is 0. The van der Waals surface area contributed by atoms with E-state index >= 15 is 0 Å². The zero-order valence-electron chi connectivity index (χ0n) is 7.08. The maximum absolute atomic E-state index is 4.37. The molecule has 0 bridgehead atoms. The van der Waals surface area contributed by atoms with Crippen molar-refractivity contribution in [1.29, 1.82) is 0 Å². The van der Waals surface area contributed by atoms with Crippen molar-refractivity contribution in [2.75, 3.05) is 0 Å². The third kappa shape index (κ3) is 2.00. The molecule has 13 heavy (non-hydrogen) atoms. The van der Waals surface area contributed by atoms with E-state index in [-0.39, 0.29) is 0 Å². The highest BCUT2D eigenvalue weighted by Gasteiger charge is 2.04. The zero-order chi connectivity index (χ0) is 9.26. The predicted octanol–water partition coefficient (Wildman–Crippen LogP) is 4.20. The molecule has 0 saturated carbocycles. The number of thiazole rings is 1. The molecule has 0 N–H and O–H groups in total. The van der Waals surface area contributed by atoms with Crippen molar-refractivity contribution in [3.63, 3.8) is 0 Å². The molecule has 0 radical (unpaired) electrons. The van der Waals surface area contributed by atoms with Crippen molar-refractivity contribution < 1.29 is 0 Å². The Balaban J connectivity index is 2.35. The van der Waals surface area contributed by atoms with Crippen LogP contribution in [0.2, 0.25) is 0 Å². The van der Waals surface area contributed by atoms with Crippen LogP contribution < -0.4 is 0 Å². The lowest BCUT2D eigenvalue weighted by Crippen LogP contribution is -1.68. The lowest BCUT2D eigenvalue weighted by Gasteiger charge is -1.87. The monoisotopic (exact) mass is 273 g/mol. The average Bonchev–Trinajstić information content (AvgIpc) is 2.71. The van der Waals surface area contributed by atoms with E-state index in [0.29, 0.717) is 0 Å². The molecular formula is C9H8BrNS2. The molecule has 0 aliphatic carbocycles. The molecular weight excluding hydrogens is 266 g/mol. The van der Waals surface area contributed by atoms with Gasteiger partial charge in [0.15, 0.2) is 3.92 Å². The second-order valence-electron chi connectivity index (χ2n) is 2.61. The summed E-state index contributed by atoms with van der Waals surface area (Å²) in [5.74, 6) is 0. The van der Waals surface area contributed by atoms with Crippen molar-refractivity contribution in [2.24, 2.45) is 0 Å². The first-order valence-electron chi connectivity index (χ1n) is 3.99. The van der Waals surface area contributed by atoms with Gasteiger partial charge in [0.05, 0.1) is 10.6 Å². The number of hydrogen-bond acceptors (Lipinski definition) is 3. The summed E-state index contributed by atoms with van der Waals surface area (Å²) in [6.45, 7) is 2.17. The highest BCUT2D eigenvalue weighted by Crippen LogP contribution is 2.30. The number of halogens is 1. The number of nitrogens with zero attached hydrogens (tertiary/aromatic N) is 1. The Kier molecular flexibility index (Phi) is 2.81. The third-order valence-corrected chi connectivity index (χ3v) is 4.36. The van der Waals surface area contributed by atoms with Crippen LogP contribution in [0.4, 0.5) is 0 Å². The molecule has 1 nitrogen and oxygen atoms in total. The molecule has 0 saturated heterocycles. The van der Waals surface area contributed by atoms with Gasteiger partial charge in [-0.1, -0.05) is 6.92 Å². The molecule has 0 spiro atoms. The lowest BCUT2D eigenvalue weighted by molar-refractivity contribution is 1.19. The summed E-state index contributed by atoms with van der Waals surface area (Å²) in [6.07, 6.45) is 1.11. The Labute approximate surface area is 93.6 Å². The highest BCUT2D eigenvalue weighted by molar-refractivity contribution is 9.11. The van der Waals surface area contributed by atoms with E-state index in [0.717, 1.165) is 16.0 Å². The minimum atomic E-state index is 0.953. The second-order valence-corrected chi connectivity index (χ2v) is 5.91. The maximum Gasteiger partial charge on any atom is 0.159 e. The Hall–Kier alpha value is -0.190. The van der Waals surface area contributed by atoms with Crippen molar-refractivity contribution in [3.8, 4) is 10.6 Å². The SMILES string of the molecule is CCc1ccc(-c2csc(Br)n2)s1. The van der Waals surface area contributed by atoms with Gasteiger partial charge in [-0.25, -0.2) is 4.98 Å². The van der Waals surface area contributed by atoms with Crippen molar-refractivity contribution in [2.45, 2.75) is 13.3 Å². The Morgan fingerprint density at radius 1 is 1.46 bits per heavy atom. The van der Waals surface area contributed by atoms with Crippen molar-refractivity contribution >= 4 is 38.6 Å². The summed E-state index contributed by atoms with van der Waals surface area (Å²) in [5.41, 5.74) is 1.08. The first kappa shape index (κ1) is 9.37. The van der Waals surface area contributed by atoms with Crippen LogP contribution in [0.5, 0.6) is 0 Å². The van der Waals surface area contributed by atoms with Gasteiger partial charge in [0.25, 0.3) is 0 Å². The van der Waals surface area contributed by atoms with Gasteiger partial charge in [-0.2, -0.15) is 0 Å². The van der Waals surface area contributed by atoms with Crippen molar-refractivity contribution in [3.05, 3.63) is 26.3 Å². The molecule has 2 aromatic rings. The molecule has 0 unspecified atom stereocenters. The summed E-state index contributed by atoms with van der Waals surface area (Å²) in [5, 5.41) is 2.08. The van der Waals surface area contributed by atoms with Gasteiger partial charge in [-0.3, -0.25) is 0 Å². The number of aromatic nitrogens is 1. The van der Waals surface area contributed by atoms with Gasteiger partial charge in [-0.05, 0) is 34.5 Å². The van der Waals surface area contributed by atoms with E-state index in [1.165, 1.54) is 9.75 Å². The van der Waals surface area contributed by atoms with Crippen LogP contribution >= 0.6 is 38.6 Å². The molecule has 0 fully saturated rings. The molecule has 0 aromatic carbocycles. The molecule has 0 aliphatic heterocycles. The van der Waals surface area contributed by atoms with Crippen LogP contribution in [0.25, 0.3) is 10.6 Å². The molecule has 0 amide bonds. The standard InChI is InChI=1S/C9H8BrNS2/c1-2-6-3-4-8(13-6)7-5-12-9(10)11-7/h3-5H,2H2,1H3. The van der Waals surface area contributed by atoms with Crippen LogP contribution in [0.15, 0.2) is 21.4 Å². The first-order chi connectivity index (χ1) is 6.29. The maximum atomic E-state index is 4.37. The molecule has 0 aliphatic rings. The Bertz CT molecular complexity index is 405. The number of hydrogen-bond donors (Lipinski definition) is 0. The van der Waals surface area contributed by atoms with E-state index in [2.05, 4.69) is 45.4 Å². The largest absolute Gasteiger partial charge is 0.228 e. The average molecular weight is 274 g/mol. The quantitative estimate of drug-likeness (QED) is 0.800. The molecule has 4 heteroatoms. The summed E-state index contributed by atoms with van der Waals surface area (Å²) >= 11 is 6.82. The zero-order valence-corrected chi connectivity index (χ0v) is 10.3. The summed E-state index contributed by atoms with van der Waals surface area (Å²) in [4.78, 5) is 7.05. The molecule has 2 aromatic heterocycles. The fourth-order valence-corrected chi connectivity index (χ4v) is 3.06. The van der Waals surface area contributed by atoms with E-state index in [4.69, 9.17) is 0 Å². The lowest BCUT2D eigenvalue weighted by atomic mass is 10.3. The van der Waals surface area contributed by atoms with Crippen LogP contribution in [-0.2, 0) is 6.42 Å². The van der Waals surface area contributed by atoms with Gasteiger partial charge in [0.2, 0.25) is 0 Å². The van der Waals surface area contributed by atoms with E-state index in [1.807, 2.05) is 11.3 Å². The summed E-state index contributed by atoms with van der Waals surface area (Å²) < 4.78 is 0.953. The minimum Gasteiger partial charge on any atom is -0.228 e. The van der Waals surface area contributed by atoms with E-state index < -0.39 is 0 Å². The van der Waals surface area contributed by atoms with Crippen LogP contribution in [0.1, 0.15) is 11.8 Å². The number of aryl methyl sites for hydroxylation is 1. The third-order valence-electron chi connectivity index (χ3n) is 1.74. The number of thiophene rings is 1. The Morgan fingerprint density at radius 2 is 2.31 bits per heavy atom. The fourth-order valence-electron chi connectivity index (χ4n) is 1.07. The van der Waals surface area contributed by atoms with Gasteiger partial charge >= 0.3 is 0 Å². The molecule has 2 rings (SSSR count). The van der Waals surface area contributed by atoms with Gasteiger partial charge < -0.3 is 0 Å². The van der Waals surface area contributed by atoms with Crippen molar-refractivity contribution in [1.82, 2.24) is 4.98 Å². The van der Waals surface area contributed by atoms with Crippen LogP contribution in [0, 0.1) is 0 Å². The molecule has 2 heterocycles. The van der Waals surface area contributed by atoms with Crippen LogP contribution in [0.3, 0.4) is 0 Å². The smallest absolute Gasteiger partial charge is 0.159 e. The topological polar surface area (TPSA) is 12.9 Å². The van der Waals surface area contributed by atoms with E-state index in [1.54, 1.807) is 11.3 Å². The molecule has 68 valence electrons. The van der Waals surface area contributed by atoms with Gasteiger partial charge in [-0.15, -0.1) is 22.7 Å². The number of rotatable bonds is 2. The van der Waals surface area contributed by atoms with Gasteiger partial charge in [0.1, 0.15) is 0 Å². The second kappa shape index (κ2) is 3.90. The minimum absolute atomic E-state index is 0.953. The normalized spacial score (nSPS) is 10.6. The highest BCUT2D eigenvalue weighted by atomic mass is 79.9. The van der Waals surface area contributed by atoms with Crippen LogP contribution in [-0.4, -0.2) is 4.98 Å². The van der Waals surface area contributed by atoms with E-state index in [9.17, 15) is 0 Å². The predicted molar refractivity (Wildman–Crippen MR) is 62.5 cm³/mol.